The SMILES string of the molecule is CC(=O)OC(C)C(=O)Nc1cccc(C2OC(CN(C)CCc3ccccn3)C(C)C(c3ccc(CO)cc3)O2)c1. The predicted molar refractivity (Wildman–Crippen MR) is 155 cm³/mol. The molecule has 5 unspecified atom stereocenters. The highest BCUT2D eigenvalue weighted by atomic mass is 16.7. The molecule has 1 fully saturated rings. The van der Waals surface area contributed by atoms with Gasteiger partial charge in [0.05, 0.1) is 18.8 Å². The van der Waals surface area contributed by atoms with E-state index in [4.69, 9.17) is 14.2 Å². The summed E-state index contributed by atoms with van der Waals surface area (Å²) in [4.78, 5) is 30.5. The van der Waals surface area contributed by atoms with Crippen LogP contribution in [0.2, 0.25) is 0 Å². The van der Waals surface area contributed by atoms with Crippen molar-refractivity contribution < 1.29 is 28.9 Å². The van der Waals surface area contributed by atoms with Gasteiger partial charge in [-0.05, 0) is 49.4 Å². The quantitative estimate of drug-likeness (QED) is 0.331. The molecule has 0 bridgehead atoms. The molecule has 1 aromatic heterocycles. The van der Waals surface area contributed by atoms with Crippen molar-refractivity contribution in [1.29, 1.82) is 0 Å². The number of benzene rings is 2. The molecule has 0 spiro atoms. The van der Waals surface area contributed by atoms with E-state index >= 15 is 0 Å². The van der Waals surface area contributed by atoms with Crippen LogP contribution < -0.4 is 5.32 Å². The molecular formula is C32H39N3O6. The molecule has 0 radical (unpaired) electrons. The maximum Gasteiger partial charge on any atom is 0.303 e. The number of nitrogens with one attached hydrogen (secondary N) is 1. The lowest BCUT2D eigenvalue weighted by atomic mass is 9.90. The average Bonchev–Trinajstić information content (AvgIpc) is 2.97. The summed E-state index contributed by atoms with van der Waals surface area (Å²) in [5, 5.41) is 12.3. The van der Waals surface area contributed by atoms with E-state index in [2.05, 4.69) is 29.2 Å². The Balaban J connectivity index is 1.53. The fraction of sp³-hybridized carbons (Fsp3) is 0.406. The Morgan fingerprint density at radius 2 is 1.85 bits per heavy atom. The van der Waals surface area contributed by atoms with E-state index in [1.54, 1.807) is 6.07 Å². The molecule has 1 aliphatic rings. The van der Waals surface area contributed by atoms with Gasteiger partial charge >= 0.3 is 5.97 Å². The minimum absolute atomic E-state index is 0.0224. The second kappa shape index (κ2) is 14.3. The number of carbonyl (C=O) groups is 2. The van der Waals surface area contributed by atoms with Crippen molar-refractivity contribution in [1.82, 2.24) is 9.88 Å². The number of likely N-dealkylation sites (N-methyl/N-ethyl adjacent to an activating group) is 1. The van der Waals surface area contributed by atoms with Crippen LogP contribution >= 0.6 is 0 Å². The Labute approximate surface area is 241 Å². The average molecular weight is 562 g/mol. The van der Waals surface area contributed by atoms with E-state index in [1.165, 1.54) is 13.8 Å². The predicted octanol–water partition coefficient (Wildman–Crippen LogP) is 4.43. The van der Waals surface area contributed by atoms with Gasteiger partial charge < -0.3 is 29.5 Å². The van der Waals surface area contributed by atoms with Crippen molar-refractivity contribution in [2.24, 2.45) is 5.92 Å². The normalized spacial score (nSPS) is 21.3. The lowest BCUT2D eigenvalue weighted by molar-refractivity contribution is -0.275. The summed E-state index contributed by atoms with van der Waals surface area (Å²) in [6.07, 6.45) is 0.647. The van der Waals surface area contributed by atoms with E-state index in [9.17, 15) is 14.7 Å². The van der Waals surface area contributed by atoms with Gasteiger partial charge in [-0.25, -0.2) is 0 Å². The van der Waals surface area contributed by atoms with Crippen molar-refractivity contribution in [3.05, 3.63) is 95.3 Å². The molecule has 9 heteroatoms. The molecule has 2 N–H and O–H groups in total. The number of aliphatic hydroxyl groups excluding tert-OH is 1. The number of anilines is 1. The molecule has 0 aliphatic carbocycles. The summed E-state index contributed by atoms with van der Waals surface area (Å²) in [7, 11) is 2.08. The van der Waals surface area contributed by atoms with E-state index in [0.717, 1.165) is 35.3 Å². The maximum atomic E-state index is 12.5. The van der Waals surface area contributed by atoms with Gasteiger partial charge in [-0.1, -0.05) is 49.4 Å². The summed E-state index contributed by atoms with van der Waals surface area (Å²) in [6.45, 7) is 6.42. The van der Waals surface area contributed by atoms with Gasteiger partial charge in [0, 0.05) is 55.5 Å². The molecule has 41 heavy (non-hydrogen) atoms. The van der Waals surface area contributed by atoms with Gasteiger partial charge in [-0.2, -0.15) is 0 Å². The molecule has 2 heterocycles. The van der Waals surface area contributed by atoms with Gasteiger partial charge in [-0.15, -0.1) is 0 Å². The lowest BCUT2D eigenvalue weighted by Gasteiger charge is -2.42. The van der Waals surface area contributed by atoms with Crippen LogP contribution in [0.25, 0.3) is 0 Å². The lowest BCUT2D eigenvalue weighted by Crippen LogP contribution is -2.44. The van der Waals surface area contributed by atoms with Gasteiger partial charge in [0.15, 0.2) is 12.4 Å². The monoisotopic (exact) mass is 561 g/mol. The van der Waals surface area contributed by atoms with Gasteiger partial charge in [0.1, 0.15) is 0 Å². The summed E-state index contributed by atoms with van der Waals surface area (Å²) in [5.41, 5.74) is 4.19. The standard InChI is InChI=1S/C32H39N3O6/c1-21-29(19-35(4)17-15-27-9-5-6-16-33-27)40-32(41-30(21)25-13-11-24(20-36)12-14-25)26-8-7-10-28(18-26)34-31(38)22(2)39-23(3)37/h5-14,16,18,21-22,29-30,32,36H,15,17,19-20H2,1-4H3,(H,34,38). The minimum Gasteiger partial charge on any atom is -0.453 e. The number of ether oxygens (including phenoxy) is 3. The largest absolute Gasteiger partial charge is 0.453 e. The molecule has 9 nitrogen and oxygen atoms in total. The van der Waals surface area contributed by atoms with Gasteiger partial charge in [-0.3, -0.25) is 14.6 Å². The van der Waals surface area contributed by atoms with Crippen molar-refractivity contribution in [2.45, 2.75) is 58.4 Å². The molecule has 5 atom stereocenters. The number of rotatable bonds is 11. The Kier molecular flexibility index (Phi) is 10.6. The Morgan fingerprint density at radius 1 is 1.07 bits per heavy atom. The Morgan fingerprint density at radius 3 is 2.54 bits per heavy atom. The second-order valence-electron chi connectivity index (χ2n) is 10.5. The number of esters is 1. The highest BCUT2D eigenvalue weighted by molar-refractivity contribution is 5.95. The highest BCUT2D eigenvalue weighted by Crippen LogP contribution is 2.42. The van der Waals surface area contributed by atoms with Crippen LogP contribution in [0.3, 0.4) is 0 Å². The molecule has 1 saturated heterocycles. The minimum atomic E-state index is -0.920. The van der Waals surface area contributed by atoms with E-state index in [0.29, 0.717) is 12.2 Å². The third kappa shape index (κ3) is 8.43. The van der Waals surface area contributed by atoms with Crippen molar-refractivity contribution >= 4 is 17.6 Å². The number of pyridine rings is 1. The van der Waals surface area contributed by atoms with E-state index in [1.807, 2.05) is 66.9 Å². The van der Waals surface area contributed by atoms with Crippen LogP contribution in [0.4, 0.5) is 5.69 Å². The van der Waals surface area contributed by atoms with Crippen molar-refractivity contribution in [2.75, 3.05) is 25.5 Å². The first kappa shape index (κ1) is 30.3. The number of hydrogen-bond acceptors (Lipinski definition) is 8. The number of aliphatic hydroxyl groups is 1. The number of aromatic nitrogens is 1. The summed E-state index contributed by atoms with van der Waals surface area (Å²) >= 11 is 0. The molecule has 4 rings (SSSR count). The van der Waals surface area contributed by atoms with Crippen LogP contribution in [0.1, 0.15) is 55.5 Å². The Bertz CT molecular complexity index is 1290. The molecule has 1 amide bonds. The first-order valence-corrected chi connectivity index (χ1v) is 13.9. The summed E-state index contributed by atoms with van der Waals surface area (Å²) in [6, 6.07) is 21.0. The molecular weight excluding hydrogens is 522 g/mol. The number of carbonyl (C=O) groups excluding carboxylic acids is 2. The molecule has 218 valence electrons. The van der Waals surface area contributed by atoms with Crippen LogP contribution in [0.15, 0.2) is 72.9 Å². The summed E-state index contributed by atoms with van der Waals surface area (Å²) in [5.74, 6) is -0.907. The third-order valence-corrected chi connectivity index (χ3v) is 7.23. The van der Waals surface area contributed by atoms with Gasteiger partial charge in [0.25, 0.3) is 5.91 Å². The first-order chi connectivity index (χ1) is 19.7. The fourth-order valence-electron chi connectivity index (χ4n) is 4.89. The number of amides is 1. The van der Waals surface area contributed by atoms with Crippen LogP contribution in [0.5, 0.6) is 0 Å². The fourth-order valence-corrected chi connectivity index (χ4v) is 4.89. The van der Waals surface area contributed by atoms with Crippen LogP contribution in [-0.4, -0.2) is 59.2 Å². The zero-order chi connectivity index (χ0) is 29.4. The summed E-state index contributed by atoms with van der Waals surface area (Å²) < 4.78 is 18.1. The highest BCUT2D eigenvalue weighted by Gasteiger charge is 2.39. The third-order valence-electron chi connectivity index (χ3n) is 7.23. The smallest absolute Gasteiger partial charge is 0.303 e. The van der Waals surface area contributed by atoms with E-state index in [-0.39, 0.29) is 24.7 Å². The zero-order valence-electron chi connectivity index (χ0n) is 24.0. The zero-order valence-corrected chi connectivity index (χ0v) is 24.0. The van der Waals surface area contributed by atoms with Crippen molar-refractivity contribution in [3.63, 3.8) is 0 Å². The number of nitrogens with zero attached hydrogens (tertiary/aromatic N) is 2. The van der Waals surface area contributed by atoms with E-state index < -0.39 is 24.3 Å². The first-order valence-electron chi connectivity index (χ1n) is 13.9. The molecule has 0 saturated carbocycles. The van der Waals surface area contributed by atoms with Gasteiger partial charge in [0.2, 0.25) is 0 Å². The van der Waals surface area contributed by atoms with Crippen LogP contribution in [-0.2, 0) is 36.8 Å². The molecule has 2 aromatic carbocycles. The maximum absolute atomic E-state index is 12.5. The second-order valence-corrected chi connectivity index (χ2v) is 10.5. The molecule has 1 aliphatic heterocycles. The molecule has 3 aromatic rings. The Hall–Kier alpha value is -3.63. The van der Waals surface area contributed by atoms with Crippen molar-refractivity contribution in [3.8, 4) is 0 Å². The topological polar surface area (TPSA) is 110 Å². The van der Waals surface area contributed by atoms with Crippen LogP contribution in [0, 0.1) is 5.92 Å². The number of hydrogen-bond donors (Lipinski definition) is 2.